The van der Waals surface area contributed by atoms with Gasteiger partial charge in [0.1, 0.15) is 5.41 Å². The summed E-state index contributed by atoms with van der Waals surface area (Å²) in [5.41, 5.74) is 0.633. The van der Waals surface area contributed by atoms with E-state index in [4.69, 9.17) is 4.74 Å². The molecule has 0 aliphatic carbocycles. The van der Waals surface area contributed by atoms with Gasteiger partial charge in [0.15, 0.2) is 0 Å². The zero-order valence-corrected chi connectivity index (χ0v) is 14.7. The highest BCUT2D eigenvalue weighted by Gasteiger charge is 2.39. The Kier molecular flexibility index (Phi) is 5.24. The van der Waals surface area contributed by atoms with Gasteiger partial charge in [-0.25, -0.2) is 0 Å². The molecule has 1 aromatic rings. The maximum atomic E-state index is 12.6. The first kappa shape index (κ1) is 17.0. The van der Waals surface area contributed by atoms with Crippen molar-refractivity contribution in [3.63, 3.8) is 0 Å². The number of nitrogens with zero attached hydrogens (tertiary/aromatic N) is 1. The molecule has 120 valence electrons. The first-order valence-corrected chi connectivity index (χ1v) is 8.06. The first-order chi connectivity index (χ1) is 10.3. The third kappa shape index (κ3) is 3.67. The van der Waals surface area contributed by atoms with E-state index in [0.29, 0.717) is 32.0 Å². The maximum absolute atomic E-state index is 12.6. The Bertz CT molecular complexity index is 581. The number of morpholine rings is 1. The number of rotatable bonds is 3. The molecule has 2 rings (SSSR count). The average Bonchev–Trinajstić information content (AvgIpc) is 2.50. The predicted octanol–water partition coefficient (Wildman–Crippen LogP) is 2.58. The van der Waals surface area contributed by atoms with Gasteiger partial charge >= 0.3 is 0 Å². The monoisotopic (exact) mass is 368 g/mol. The Morgan fingerprint density at radius 2 is 1.91 bits per heavy atom. The Morgan fingerprint density at radius 1 is 1.27 bits per heavy atom. The fourth-order valence-electron chi connectivity index (χ4n) is 2.26. The summed E-state index contributed by atoms with van der Waals surface area (Å²) in [4.78, 5) is 26.8. The van der Waals surface area contributed by atoms with Crippen LogP contribution in [0.2, 0.25) is 0 Å². The molecule has 0 bridgehead atoms. The van der Waals surface area contributed by atoms with Gasteiger partial charge in [0.05, 0.1) is 18.9 Å². The molecule has 1 N–H and O–H groups in total. The normalized spacial score (nSPS) is 15.5. The lowest BCUT2D eigenvalue weighted by Gasteiger charge is -2.33. The number of amides is 2. The Balaban J connectivity index is 2.10. The standard InChI is InChI=1S/C16H21BrN2O3/c1-11-4-5-13(12(17)10-11)18-14(20)16(2,3)15(21)19-6-8-22-9-7-19/h4-5,10H,6-9H2,1-3H3,(H,18,20). The molecule has 0 aromatic heterocycles. The molecular formula is C16H21BrN2O3. The van der Waals surface area contributed by atoms with Gasteiger partial charge in [-0.3, -0.25) is 9.59 Å². The van der Waals surface area contributed by atoms with E-state index in [1.54, 1.807) is 18.7 Å². The number of carbonyl (C=O) groups is 2. The Morgan fingerprint density at radius 3 is 2.50 bits per heavy atom. The van der Waals surface area contributed by atoms with Crippen LogP contribution < -0.4 is 5.32 Å². The lowest BCUT2D eigenvalue weighted by atomic mass is 9.90. The quantitative estimate of drug-likeness (QED) is 0.834. The van der Waals surface area contributed by atoms with E-state index in [1.165, 1.54) is 0 Å². The van der Waals surface area contributed by atoms with Gasteiger partial charge in [0.2, 0.25) is 11.8 Å². The van der Waals surface area contributed by atoms with Crippen LogP contribution in [-0.4, -0.2) is 43.0 Å². The van der Waals surface area contributed by atoms with E-state index in [1.807, 2.05) is 25.1 Å². The number of ether oxygens (including phenoxy) is 1. The lowest BCUT2D eigenvalue weighted by molar-refractivity contribution is -0.149. The van der Waals surface area contributed by atoms with Crippen LogP contribution in [0.5, 0.6) is 0 Å². The van der Waals surface area contributed by atoms with Gasteiger partial charge in [-0.05, 0) is 54.4 Å². The van der Waals surface area contributed by atoms with Crippen LogP contribution >= 0.6 is 15.9 Å². The zero-order valence-electron chi connectivity index (χ0n) is 13.1. The molecular weight excluding hydrogens is 348 g/mol. The smallest absolute Gasteiger partial charge is 0.239 e. The topological polar surface area (TPSA) is 58.6 Å². The molecule has 1 aliphatic heterocycles. The molecule has 6 heteroatoms. The lowest BCUT2D eigenvalue weighted by Crippen LogP contribution is -2.51. The second-order valence-corrected chi connectivity index (χ2v) is 6.82. The van der Waals surface area contributed by atoms with E-state index in [9.17, 15) is 9.59 Å². The van der Waals surface area contributed by atoms with E-state index in [2.05, 4.69) is 21.2 Å². The molecule has 5 nitrogen and oxygen atoms in total. The van der Waals surface area contributed by atoms with Gasteiger partial charge in [-0.1, -0.05) is 6.07 Å². The second-order valence-electron chi connectivity index (χ2n) is 5.97. The molecule has 0 radical (unpaired) electrons. The van der Waals surface area contributed by atoms with Crippen LogP contribution in [0.1, 0.15) is 19.4 Å². The van der Waals surface area contributed by atoms with Gasteiger partial charge < -0.3 is 15.0 Å². The summed E-state index contributed by atoms with van der Waals surface area (Å²) in [5.74, 6) is -0.481. The summed E-state index contributed by atoms with van der Waals surface area (Å²) in [6, 6.07) is 5.66. The number of nitrogens with one attached hydrogen (secondary N) is 1. The summed E-state index contributed by atoms with van der Waals surface area (Å²) >= 11 is 3.43. The summed E-state index contributed by atoms with van der Waals surface area (Å²) in [5, 5.41) is 2.83. The second kappa shape index (κ2) is 6.79. The molecule has 1 heterocycles. The SMILES string of the molecule is Cc1ccc(NC(=O)C(C)(C)C(=O)N2CCOCC2)c(Br)c1. The molecule has 0 spiro atoms. The maximum Gasteiger partial charge on any atom is 0.239 e. The number of aryl methyl sites for hydroxylation is 1. The third-order valence-corrected chi connectivity index (χ3v) is 4.43. The van der Waals surface area contributed by atoms with Gasteiger partial charge in [-0.2, -0.15) is 0 Å². The summed E-state index contributed by atoms with van der Waals surface area (Å²) < 4.78 is 6.05. The van der Waals surface area contributed by atoms with Crippen molar-refractivity contribution < 1.29 is 14.3 Å². The van der Waals surface area contributed by atoms with Crippen LogP contribution in [0.3, 0.4) is 0 Å². The number of anilines is 1. The van der Waals surface area contributed by atoms with Crippen molar-refractivity contribution in [2.75, 3.05) is 31.6 Å². The fourth-order valence-corrected chi connectivity index (χ4v) is 2.85. The van der Waals surface area contributed by atoms with E-state index < -0.39 is 5.41 Å². The minimum atomic E-state index is -1.12. The number of carbonyl (C=O) groups excluding carboxylic acids is 2. The van der Waals surface area contributed by atoms with Crippen LogP contribution in [0, 0.1) is 12.3 Å². The van der Waals surface area contributed by atoms with Crippen molar-refractivity contribution in [1.82, 2.24) is 4.90 Å². The number of hydrogen-bond acceptors (Lipinski definition) is 3. The van der Waals surface area contributed by atoms with Crippen LogP contribution in [0.25, 0.3) is 0 Å². The molecule has 0 unspecified atom stereocenters. The summed E-state index contributed by atoms with van der Waals surface area (Å²) in [6.45, 7) is 7.39. The van der Waals surface area contributed by atoms with Gasteiger partial charge in [-0.15, -0.1) is 0 Å². The van der Waals surface area contributed by atoms with Crippen molar-refractivity contribution >= 4 is 33.4 Å². The van der Waals surface area contributed by atoms with E-state index >= 15 is 0 Å². The molecule has 1 fully saturated rings. The highest BCUT2D eigenvalue weighted by molar-refractivity contribution is 9.10. The third-order valence-electron chi connectivity index (χ3n) is 3.77. The predicted molar refractivity (Wildman–Crippen MR) is 88.7 cm³/mol. The Labute approximate surface area is 139 Å². The highest BCUT2D eigenvalue weighted by atomic mass is 79.9. The van der Waals surface area contributed by atoms with Crippen LogP contribution in [0.4, 0.5) is 5.69 Å². The molecule has 0 atom stereocenters. The van der Waals surface area contributed by atoms with Gasteiger partial charge in [0, 0.05) is 17.6 Å². The molecule has 22 heavy (non-hydrogen) atoms. The number of halogens is 1. The first-order valence-electron chi connectivity index (χ1n) is 7.27. The summed E-state index contributed by atoms with van der Waals surface area (Å²) in [6.07, 6.45) is 0. The van der Waals surface area contributed by atoms with Crippen LogP contribution in [-0.2, 0) is 14.3 Å². The highest BCUT2D eigenvalue weighted by Crippen LogP contribution is 2.27. The van der Waals surface area contributed by atoms with Crippen molar-refractivity contribution in [2.24, 2.45) is 5.41 Å². The van der Waals surface area contributed by atoms with Crippen LogP contribution in [0.15, 0.2) is 22.7 Å². The van der Waals surface area contributed by atoms with Crippen molar-refractivity contribution in [2.45, 2.75) is 20.8 Å². The molecule has 1 aliphatic rings. The minimum absolute atomic E-state index is 0.170. The van der Waals surface area contributed by atoms with Crippen molar-refractivity contribution in [1.29, 1.82) is 0 Å². The molecule has 2 amide bonds. The molecule has 1 aromatic carbocycles. The fraction of sp³-hybridized carbons (Fsp3) is 0.500. The average molecular weight is 369 g/mol. The molecule has 0 saturated carbocycles. The number of benzene rings is 1. The number of hydrogen-bond donors (Lipinski definition) is 1. The van der Waals surface area contributed by atoms with Crippen molar-refractivity contribution in [3.05, 3.63) is 28.2 Å². The van der Waals surface area contributed by atoms with Gasteiger partial charge in [0.25, 0.3) is 0 Å². The molecule has 1 saturated heterocycles. The minimum Gasteiger partial charge on any atom is -0.378 e. The van der Waals surface area contributed by atoms with Crippen molar-refractivity contribution in [3.8, 4) is 0 Å². The Hall–Kier alpha value is -1.40. The van der Waals surface area contributed by atoms with E-state index in [-0.39, 0.29) is 11.8 Å². The van der Waals surface area contributed by atoms with E-state index in [0.717, 1.165) is 10.0 Å². The zero-order chi connectivity index (χ0) is 16.3. The summed E-state index contributed by atoms with van der Waals surface area (Å²) in [7, 11) is 0. The largest absolute Gasteiger partial charge is 0.378 e.